The van der Waals surface area contributed by atoms with Gasteiger partial charge in [-0.15, -0.1) is 0 Å². The van der Waals surface area contributed by atoms with Crippen molar-refractivity contribution in [3.8, 4) is 6.07 Å². The molecule has 3 fully saturated rings. The van der Waals surface area contributed by atoms with Crippen LogP contribution in [0.3, 0.4) is 0 Å². The summed E-state index contributed by atoms with van der Waals surface area (Å²) in [6.07, 6.45) is 2.44. The lowest BCUT2D eigenvalue weighted by Crippen LogP contribution is -2.55. The molecule has 8 heteroatoms. The van der Waals surface area contributed by atoms with Crippen LogP contribution in [0.4, 0.5) is 10.5 Å². The molecular weight excluding hydrogens is 358 g/mol. The van der Waals surface area contributed by atoms with Gasteiger partial charge in [0.2, 0.25) is 5.91 Å². The molecule has 3 aliphatic heterocycles. The third-order valence-electron chi connectivity index (χ3n) is 5.69. The van der Waals surface area contributed by atoms with E-state index in [-0.39, 0.29) is 41.0 Å². The second kappa shape index (κ2) is 6.03. The van der Waals surface area contributed by atoms with E-state index in [9.17, 15) is 14.4 Å². The van der Waals surface area contributed by atoms with Gasteiger partial charge in [0.25, 0.3) is 5.91 Å². The maximum Gasteiger partial charge on any atom is 0.332 e. The van der Waals surface area contributed by atoms with Crippen molar-refractivity contribution >= 4 is 23.5 Å². The molecule has 8 nitrogen and oxygen atoms in total. The van der Waals surface area contributed by atoms with Crippen LogP contribution in [-0.2, 0) is 9.59 Å². The van der Waals surface area contributed by atoms with Gasteiger partial charge in [0.05, 0.1) is 24.0 Å². The first-order chi connectivity index (χ1) is 13.1. The van der Waals surface area contributed by atoms with Crippen molar-refractivity contribution in [2.75, 3.05) is 11.4 Å². The predicted octanol–water partition coefficient (Wildman–Crippen LogP) is 1.82. The smallest absolute Gasteiger partial charge is 0.332 e. The first-order valence-electron chi connectivity index (χ1n) is 9.45. The van der Waals surface area contributed by atoms with E-state index in [4.69, 9.17) is 5.26 Å². The van der Waals surface area contributed by atoms with E-state index in [1.54, 1.807) is 22.8 Å². The Hall–Kier alpha value is -2.95. The lowest BCUT2D eigenvalue weighted by atomic mass is 9.91. The van der Waals surface area contributed by atoms with E-state index < -0.39 is 6.04 Å². The van der Waals surface area contributed by atoms with E-state index in [0.717, 1.165) is 4.90 Å². The summed E-state index contributed by atoms with van der Waals surface area (Å²) in [5.41, 5.74) is 1.11. The number of piperazine rings is 1. The second-order valence-corrected chi connectivity index (χ2v) is 9.02. The molecule has 146 valence electrons. The maximum absolute atomic E-state index is 13.1. The molecule has 0 radical (unpaired) electrons. The number of amides is 4. The van der Waals surface area contributed by atoms with Crippen LogP contribution in [0.25, 0.3) is 0 Å². The average molecular weight is 381 g/mol. The number of urea groups is 1. The molecule has 3 aliphatic rings. The highest BCUT2D eigenvalue weighted by Crippen LogP contribution is 2.43. The van der Waals surface area contributed by atoms with Crippen LogP contribution in [0.1, 0.15) is 44.9 Å². The number of hydrogen-bond acceptors (Lipinski definition) is 5. The second-order valence-electron chi connectivity index (χ2n) is 9.02. The predicted molar refractivity (Wildman–Crippen MR) is 100 cm³/mol. The summed E-state index contributed by atoms with van der Waals surface area (Å²) in [4.78, 5) is 47.5. The molecule has 4 heterocycles. The van der Waals surface area contributed by atoms with Crippen LogP contribution < -0.4 is 4.90 Å². The van der Waals surface area contributed by atoms with Gasteiger partial charge in [-0.2, -0.15) is 5.26 Å². The topological polar surface area (TPSA) is 97.6 Å². The number of nitrogens with zero attached hydrogens (tertiary/aromatic N) is 5. The fraction of sp³-hybridized carbons (Fsp3) is 0.550. The standard InChI is InChI=1S/C20H23N5O3/c1-11-5-12(9-22-14(11)8-21)25-18(27)17-15-6-13(24(17)19(25)28)10-23(15)16(26)7-20(2,3)4/h5,9,13,15,17H,6-7,10H2,1-4H3/t13?,15?,17-/m1/s1. The number of aryl methyl sites for hydroxylation is 1. The fourth-order valence-corrected chi connectivity index (χ4v) is 4.54. The molecule has 3 atom stereocenters. The summed E-state index contributed by atoms with van der Waals surface area (Å²) in [7, 11) is 0. The van der Waals surface area contributed by atoms with Crippen LogP contribution in [0.2, 0.25) is 0 Å². The lowest BCUT2D eigenvalue weighted by molar-refractivity contribution is -0.137. The number of rotatable bonds is 2. The summed E-state index contributed by atoms with van der Waals surface area (Å²) in [5, 5.41) is 9.04. The van der Waals surface area contributed by atoms with Gasteiger partial charge in [-0.05, 0) is 30.4 Å². The van der Waals surface area contributed by atoms with Crippen molar-refractivity contribution in [2.24, 2.45) is 5.41 Å². The number of hydrogen-bond donors (Lipinski definition) is 0. The van der Waals surface area contributed by atoms with Gasteiger partial charge in [0, 0.05) is 13.0 Å². The Balaban J connectivity index is 1.61. The number of fused-ring (bicyclic) bond motifs is 5. The number of nitriles is 1. The van der Waals surface area contributed by atoms with Gasteiger partial charge < -0.3 is 9.80 Å². The van der Waals surface area contributed by atoms with Gasteiger partial charge in [0.1, 0.15) is 17.8 Å². The minimum atomic E-state index is -0.633. The van der Waals surface area contributed by atoms with Gasteiger partial charge >= 0.3 is 6.03 Å². The third kappa shape index (κ3) is 2.65. The van der Waals surface area contributed by atoms with Crippen molar-refractivity contribution in [3.05, 3.63) is 23.5 Å². The number of aromatic nitrogens is 1. The van der Waals surface area contributed by atoms with Crippen LogP contribution in [0, 0.1) is 23.7 Å². The van der Waals surface area contributed by atoms with Crippen LogP contribution in [-0.4, -0.2) is 57.3 Å². The van der Waals surface area contributed by atoms with Crippen molar-refractivity contribution in [2.45, 2.75) is 58.7 Å². The molecule has 2 bridgehead atoms. The molecule has 0 aromatic carbocycles. The minimum Gasteiger partial charge on any atom is -0.335 e. The van der Waals surface area contributed by atoms with Gasteiger partial charge in [-0.25, -0.2) is 14.7 Å². The Morgan fingerprint density at radius 3 is 2.68 bits per heavy atom. The molecule has 1 aromatic rings. The quantitative estimate of drug-likeness (QED) is 0.728. The Bertz CT molecular complexity index is 929. The SMILES string of the molecule is Cc1cc(N2C(=O)[C@H]3C4CC(CN4C(=O)CC(C)(C)C)N3C2=O)cnc1C#N. The zero-order valence-electron chi connectivity index (χ0n) is 16.5. The summed E-state index contributed by atoms with van der Waals surface area (Å²) in [6.45, 7) is 8.23. The number of pyridine rings is 1. The first kappa shape index (κ1) is 18.4. The molecule has 4 amide bonds. The Kier molecular flexibility index (Phi) is 3.96. The maximum atomic E-state index is 13.1. The highest BCUT2D eigenvalue weighted by Gasteiger charge is 2.62. The number of imide groups is 1. The van der Waals surface area contributed by atoms with E-state index >= 15 is 0 Å². The van der Waals surface area contributed by atoms with Crippen LogP contribution in [0.15, 0.2) is 12.3 Å². The Morgan fingerprint density at radius 1 is 1.36 bits per heavy atom. The highest BCUT2D eigenvalue weighted by atomic mass is 16.2. The van der Waals surface area contributed by atoms with Crippen molar-refractivity contribution in [1.29, 1.82) is 5.26 Å². The highest BCUT2D eigenvalue weighted by molar-refractivity contribution is 6.22. The largest absolute Gasteiger partial charge is 0.335 e. The number of carbonyl (C=O) groups is 3. The first-order valence-corrected chi connectivity index (χ1v) is 9.45. The zero-order chi connectivity index (χ0) is 20.4. The van der Waals surface area contributed by atoms with Gasteiger partial charge in [-0.3, -0.25) is 9.59 Å². The molecule has 3 saturated heterocycles. The summed E-state index contributed by atoms with van der Waals surface area (Å²) in [5.74, 6) is -0.286. The summed E-state index contributed by atoms with van der Waals surface area (Å²) >= 11 is 0. The zero-order valence-corrected chi connectivity index (χ0v) is 16.5. The fourth-order valence-electron chi connectivity index (χ4n) is 4.54. The van der Waals surface area contributed by atoms with Crippen LogP contribution in [0.5, 0.6) is 0 Å². The summed E-state index contributed by atoms with van der Waals surface area (Å²) < 4.78 is 0. The molecule has 0 saturated carbocycles. The average Bonchev–Trinajstić information content (AvgIpc) is 3.25. The molecule has 0 spiro atoms. The van der Waals surface area contributed by atoms with E-state index in [2.05, 4.69) is 4.98 Å². The molecular formula is C20H23N5O3. The third-order valence-corrected chi connectivity index (χ3v) is 5.69. The number of likely N-dealkylation sites (tertiary alicyclic amines) is 1. The van der Waals surface area contributed by atoms with Crippen molar-refractivity contribution in [3.63, 3.8) is 0 Å². The minimum absolute atomic E-state index is 0.0363. The van der Waals surface area contributed by atoms with Crippen molar-refractivity contribution < 1.29 is 14.4 Å². The number of carbonyl (C=O) groups excluding carboxylic acids is 3. The van der Waals surface area contributed by atoms with Crippen LogP contribution >= 0.6 is 0 Å². The molecule has 0 N–H and O–H groups in total. The Labute approximate surface area is 163 Å². The van der Waals surface area contributed by atoms with E-state index in [1.165, 1.54) is 6.20 Å². The number of anilines is 1. The summed E-state index contributed by atoms with van der Waals surface area (Å²) in [6, 6.07) is 2.22. The van der Waals surface area contributed by atoms with Gasteiger partial charge in [0.15, 0.2) is 0 Å². The molecule has 0 aliphatic carbocycles. The molecule has 1 aromatic heterocycles. The molecule has 28 heavy (non-hydrogen) atoms. The lowest BCUT2D eigenvalue weighted by Gasteiger charge is -2.36. The van der Waals surface area contributed by atoms with Crippen molar-refractivity contribution in [1.82, 2.24) is 14.8 Å². The van der Waals surface area contributed by atoms with E-state index in [1.807, 2.05) is 26.8 Å². The molecule has 2 unspecified atom stereocenters. The van der Waals surface area contributed by atoms with E-state index in [0.29, 0.717) is 30.6 Å². The Morgan fingerprint density at radius 2 is 2.07 bits per heavy atom. The monoisotopic (exact) mass is 381 g/mol. The molecule has 4 rings (SSSR count). The van der Waals surface area contributed by atoms with Gasteiger partial charge in [-0.1, -0.05) is 20.8 Å². The normalized spacial score (nSPS) is 26.1.